The number of rotatable bonds is 6. The molecule has 5 nitrogen and oxygen atoms in total. The Morgan fingerprint density at radius 2 is 1.92 bits per heavy atom. The molecule has 1 rings (SSSR count). The zero-order valence-corrected chi connectivity index (χ0v) is 17.7. The van der Waals surface area contributed by atoms with Gasteiger partial charge in [0, 0.05) is 16.6 Å². The average molecular weight is 408 g/mol. The highest BCUT2D eigenvalue weighted by Crippen LogP contribution is 2.26. The lowest BCUT2D eigenvalue weighted by molar-refractivity contribution is 0.560. The fourth-order valence-electron chi connectivity index (χ4n) is 2.04. The molecule has 0 aromatic heterocycles. The van der Waals surface area contributed by atoms with E-state index in [2.05, 4.69) is 15.6 Å². The molecule has 1 atom stereocenters. The van der Waals surface area contributed by atoms with Gasteiger partial charge in [-0.3, -0.25) is 4.99 Å². The van der Waals surface area contributed by atoms with Gasteiger partial charge in [0.2, 0.25) is 0 Å². The standard InChI is InChI=1S/C17H27Cl2N3O2S/c1-6-20-16(21-9-10-25(23,24)17(3,4)5)22-12(2)14-8-7-13(18)11-15(14)19/h7-8,11-12H,6,9-10H2,1-5H3,(H2,20,21,22). The number of guanidine groups is 1. The number of sulfone groups is 1. The number of hydrogen-bond acceptors (Lipinski definition) is 3. The van der Waals surface area contributed by atoms with Gasteiger partial charge in [-0.25, -0.2) is 8.42 Å². The van der Waals surface area contributed by atoms with E-state index in [1.54, 1.807) is 32.9 Å². The summed E-state index contributed by atoms with van der Waals surface area (Å²) in [6, 6.07) is 5.22. The van der Waals surface area contributed by atoms with E-state index in [-0.39, 0.29) is 18.3 Å². The van der Waals surface area contributed by atoms with Crippen molar-refractivity contribution in [2.75, 3.05) is 18.8 Å². The summed E-state index contributed by atoms with van der Waals surface area (Å²) in [6.45, 7) is 9.84. The number of benzene rings is 1. The Morgan fingerprint density at radius 3 is 2.44 bits per heavy atom. The first-order valence-corrected chi connectivity index (χ1v) is 10.6. The summed E-state index contributed by atoms with van der Waals surface area (Å²) in [6.07, 6.45) is 0. The third-order valence-corrected chi connectivity index (χ3v) is 6.84. The van der Waals surface area contributed by atoms with Crippen LogP contribution in [0, 0.1) is 0 Å². The summed E-state index contributed by atoms with van der Waals surface area (Å²) in [5.74, 6) is 0.550. The first kappa shape index (κ1) is 22.1. The Balaban J connectivity index is 2.82. The second kappa shape index (κ2) is 9.10. The molecule has 0 spiro atoms. The van der Waals surface area contributed by atoms with Crippen molar-refractivity contribution in [3.8, 4) is 0 Å². The molecular formula is C17H27Cl2N3O2S. The predicted octanol–water partition coefficient (Wildman–Crippen LogP) is 3.82. The highest BCUT2D eigenvalue weighted by Gasteiger charge is 2.28. The third-order valence-electron chi connectivity index (χ3n) is 3.69. The molecule has 0 bridgehead atoms. The van der Waals surface area contributed by atoms with E-state index in [1.807, 2.05) is 19.9 Å². The van der Waals surface area contributed by atoms with Gasteiger partial charge in [-0.1, -0.05) is 29.3 Å². The molecule has 0 aliphatic rings. The van der Waals surface area contributed by atoms with Crippen LogP contribution >= 0.6 is 23.2 Å². The molecule has 2 N–H and O–H groups in total. The van der Waals surface area contributed by atoms with E-state index < -0.39 is 14.6 Å². The van der Waals surface area contributed by atoms with Gasteiger partial charge in [-0.2, -0.15) is 0 Å². The van der Waals surface area contributed by atoms with Crippen LogP contribution in [0.1, 0.15) is 46.2 Å². The molecule has 0 aliphatic heterocycles. The van der Waals surface area contributed by atoms with Crippen molar-refractivity contribution < 1.29 is 8.42 Å². The molecule has 0 fully saturated rings. The molecule has 0 amide bonds. The van der Waals surface area contributed by atoms with Crippen molar-refractivity contribution in [1.29, 1.82) is 0 Å². The Labute approximate surface area is 161 Å². The van der Waals surface area contributed by atoms with Crippen molar-refractivity contribution >= 4 is 39.0 Å². The largest absolute Gasteiger partial charge is 0.357 e. The fourth-order valence-corrected chi connectivity index (χ4v) is 3.56. The van der Waals surface area contributed by atoms with Gasteiger partial charge in [-0.05, 0) is 52.3 Å². The smallest absolute Gasteiger partial charge is 0.191 e. The van der Waals surface area contributed by atoms with E-state index in [9.17, 15) is 8.42 Å². The van der Waals surface area contributed by atoms with Crippen LogP contribution in [0.25, 0.3) is 0 Å². The summed E-state index contributed by atoms with van der Waals surface area (Å²) in [5, 5.41) is 7.50. The molecule has 8 heteroatoms. The molecule has 1 aromatic carbocycles. The Hall–Kier alpha value is -0.980. The van der Waals surface area contributed by atoms with Crippen LogP contribution in [-0.2, 0) is 9.84 Å². The maximum absolute atomic E-state index is 12.2. The Morgan fingerprint density at radius 1 is 1.28 bits per heavy atom. The van der Waals surface area contributed by atoms with Gasteiger partial charge in [-0.15, -0.1) is 0 Å². The average Bonchev–Trinajstić information content (AvgIpc) is 2.45. The van der Waals surface area contributed by atoms with Crippen molar-refractivity contribution in [1.82, 2.24) is 10.6 Å². The Bertz CT molecular complexity index is 713. The molecule has 0 saturated heterocycles. The van der Waals surface area contributed by atoms with Crippen LogP contribution in [0.5, 0.6) is 0 Å². The number of aliphatic imine (C=N–C) groups is 1. The van der Waals surface area contributed by atoms with E-state index in [4.69, 9.17) is 23.2 Å². The van der Waals surface area contributed by atoms with Gasteiger partial charge >= 0.3 is 0 Å². The highest BCUT2D eigenvalue weighted by atomic mass is 35.5. The molecular weight excluding hydrogens is 381 g/mol. The summed E-state index contributed by atoms with van der Waals surface area (Å²) in [7, 11) is -3.20. The molecule has 0 radical (unpaired) electrons. The van der Waals surface area contributed by atoms with Crippen molar-refractivity contribution in [3.63, 3.8) is 0 Å². The maximum atomic E-state index is 12.2. The fraction of sp³-hybridized carbons (Fsp3) is 0.588. The van der Waals surface area contributed by atoms with Crippen molar-refractivity contribution in [2.45, 2.75) is 45.4 Å². The van der Waals surface area contributed by atoms with Crippen LogP contribution < -0.4 is 10.6 Å². The van der Waals surface area contributed by atoms with Crippen LogP contribution in [0.4, 0.5) is 0 Å². The van der Waals surface area contributed by atoms with Crippen LogP contribution in [-0.4, -0.2) is 38.0 Å². The maximum Gasteiger partial charge on any atom is 0.191 e. The number of nitrogens with zero attached hydrogens (tertiary/aromatic N) is 1. The molecule has 1 unspecified atom stereocenters. The predicted molar refractivity (Wildman–Crippen MR) is 108 cm³/mol. The quantitative estimate of drug-likeness (QED) is 0.555. The van der Waals surface area contributed by atoms with Gasteiger partial charge in [0.05, 0.1) is 23.1 Å². The van der Waals surface area contributed by atoms with E-state index >= 15 is 0 Å². The minimum atomic E-state index is -3.20. The topological polar surface area (TPSA) is 70.6 Å². The lowest BCUT2D eigenvalue weighted by Gasteiger charge is -2.20. The van der Waals surface area contributed by atoms with Crippen LogP contribution in [0.2, 0.25) is 10.0 Å². The lowest BCUT2D eigenvalue weighted by Crippen LogP contribution is -2.39. The summed E-state index contributed by atoms with van der Waals surface area (Å²) >= 11 is 12.2. The zero-order valence-electron chi connectivity index (χ0n) is 15.4. The molecule has 1 aromatic rings. The number of halogens is 2. The molecule has 0 aliphatic carbocycles. The molecule has 25 heavy (non-hydrogen) atoms. The molecule has 0 heterocycles. The Kier molecular flexibility index (Phi) is 8.03. The minimum absolute atomic E-state index is 0.00313. The third kappa shape index (κ3) is 6.68. The summed E-state index contributed by atoms with van der Waals surface area (Å²) < 4.78 is 23.6. The van der Waals surface area contributed by atoms with E-state index in [0.717, 1.165) is 5.56 Å². The van der Waals surface area contributed by atoms with E-state index in [0.29, 0.717) is 22.5 Å². The number of nitrogens with one attached hydrogen (secondary N) is 2. The SMILES string of the molecule is CCNC(=NCCS(=O)(=O)C(C)(C)C)NC(C)c1ccc(Cl)cc1Cl. The number of hydrogen-bond donors (Lipinski definition) is 2. The first-order chi connectivity index (χ1) is 11.5. The van der Waals surface area contributed by atoms with Gasteiger partial charge in [0.1, 0.15) is 0 Å². The summed E-state index contributed by atoms with van der Waals surface area (Å²) in [5.41, 5.74) is 0.888. The lowest BCUT2D eigenvalue weighted by atomic mass is 10.1. The van der Waals surface area contributed by atoms with Crippen LogP contribution in [0.15, 0.2) is 23.2 Å². The van der Waals surface area contributed by atoms with Gasteiger partial charge in [0.25, 0.3) is 0 Å². The first-order valence-electron chi connectivity index (χ1n) is 8.20. The van der Waals surface area contributed by atoms with E-state index in [1.165, 1.54) is 0 Å². The van der Waals surface area contributed by atoms with Crippen LogP contribution in [0.3, 0.4) is 0 Å². The summed E-state index contributed by atoms with van der Waals surface area (Å²) in [4.78, 5) is 4.37. The molecule has 142 valence electrons. The zero-order chi connectivity index (χ0) is 19.3. The van der Waals surface area contributed by atoms with Gasteiger partial charge < -0.3 is 10.6 Å². The monoisotopic (exact) mass is 407 g/mol. The van der Waals surface area contributed by atoms with Crippen molar-refractivity contribution in [3.05, 3.63) is 33.8 Å². The highest BCUT2D eigenvalue weighted by molar-refractivity contribution is 7.92. The minimum Gasteiger partial charge on any atom is -0.357 e. The van der Waals surface area contributed by atoms with Gasteiger partial charge in [0.15, 0.2) is 15.8 Å². The second-order valence-electron chi connectivity index (χ2n) is 6.72. The second-order valence-corrected chi connectivity index (χ2v) is 10.4. The molecule has 0 saturated carbocycles. The van der Waals surface area contributed by atoms with Crippen molar-refractivity contribution in [2.24, 2.45) is 4.99 Å². The normalized spacial score (nSPS) is 14.3.